The highest BCUT2D eigenvalue weighted by atomic mass is 32.2. The van der Waals surface area contributed by atoms with Crippen molar-refractivity contribution in [3.05, 3.63) is 53.1 Å². The van der Waals surface area contributed by atoms with Gasteiger partial charge < -0.3 is 14.2 Å². The highest BCUT2D eigenvalue weighted by molar-refractivity contribution is 7.86. The number of hydrogen-bond donors (Lipinski definition) is 0. The van der Waals surface area contributed by atoms with Crippen molar-refractivity contribution in [3.63, 3.8) is 0 Å². The first-order valence-electron chi connectivity index (χ1n) is 9.78. The van der Waals surface area contributed by atoms with E-state index in [2.05, 4.69) is 5.16 Å². The molecule has 0 saturated carbocycles. The highest BCUT2D eigenvalue weighted by Crippen LogP contribution is 2.39. The SMILES string of the molecule is CCOC(=O)C1C/C(=N/OS(=O)(=O)c2ccc(C)cc2)c2ccc(OC)c(OC)c2C1. The van der Waals surface area contributed by atoms with Gasteiger partial charge in [-0.3, -0.25) is 9.08 Å². The fourth-order valence-electron chi connectivity index (χ4n) is 3.48. The van der Waals surface area contributed by atoms with Gasteiger partial charge in [0.15, 0.2) is 11.5 Å². The van der Waals surface area contributed by atoms with Crippen LogP contribution in [0.2, 0.25) is 0 Å². The van der Waals surface area contributed by atoms with Crippen LogP contribution in [0.5, 0.6) is 11.5 Å². The monoisotopic (exact) mass is 447 g/mol. The Balaban J connectivity index is 2.02. The average molecular weight is 448 g/mol. The summed E-state index contributed by atoms with van der Waals surface area (Å²) in [5.74, 6) is 0.00592. The quantitative estimate of drug-likeness (QED) is 0.474. The average Bonchev–Trinajstić information content (AvgIpc) is 2.76. The molecule has 8 nitrogen and oxygen atoms in total. The zero-order valence-electron chi connectivity index (χ0n) is 17.9. The van der Waals surface area contributed by atoms with E-state index in [0.29, 0.717) is 34.8 Å². The lowest BCUT2D eigenvalue weighted by molar-refractivity contribution is -0.147. The first-order chi connectivity index (χ1) is 14.8. The molecule has 0 N–H and O–H groups in total. The number of aryl methyl sites for hydroxylation is 1. The summed E-state index contributed by atoms with van der Waals surface area (Å²) in [5.41, 5.74) is 2.55. The van der Waals surface area contributed by atoms with Crippen molar-refractivity contribution in [3.8, 4) is 11.5 Å². The summed E-state index contributed by atoms with van der Waals surface area (Å²) in [5, 5.41) is 3.94. The molecule has 0 fully saturated rings. The minimum Gasteiger partial charge on any atom is -0.493 e. The van der Waals surface area contributed by atoms with E-state index in [9.17, 15) is 13.2 Å². The van der Waals surface area contributed by atoms with Gasteiger partial charge in [0.05, 0.1) is 32.5 Å². The van der Waals surface area contributed by atoms with Crippen LogP contribution in [-0.2, 0) is 30.4 Å². The Morgan fingerprint density at radius 2 is 1.77 bits per heavy atom. The van der Waals surface area contributed by atoms with Crippen molar-refractivity contribution < 1.29 is 31.7 Å². The molecule has 1 aliphatic rings. The number of hydrogen-bond acceptors (Lipinski definition) is 8. The van der Waals surface area contributed by atoms with Gasteiger partial charge >= 0.3 is 16.1 Å². The van der Waals surface area contributed by atoms with Crippen LogP contribution in [0.15, 0.2) is 46.4 Å². The van der Waals surface area contributed by atoms with Crippen molar-refractivity contribution in [2.75, 3.05) is 20.8 Å². The van der Waals surface area contributed by atoms with Gasteiger partial charge in [-0.25, -0.2) is 0 Å². The Labute approximate surface area is 181 Å². The smallest absolute Gasteiger partial charge is 0.358 e. The number of fused-ring (bicyclic) bond motifs is 1. The standard InChI is InChI=1S/C22H25NO7S/c1-5-29-22(24)15-12-18-17(10-11-20(27-3)21(18)28-4)19(13-15)23-30-31(25,26)16-8-6-14(2)7-9-16/h6-11,15H,5,12-13H2,1-4H3/b23-19-. The van der Waals surface area contributed by atoms with Crippen molar-refractivity contribution in [1.82, 2.24) is 0 Å². The van der Waals surface area contributed by atoms with Crippen LogP contribution in [0.1, 0.15) is 30.0 Å². The first kappa shape index (κ1) is 22.6. The second kappa shape index (κ2) is 9.38. The normalized spacial score (nSPS) is 17.0. The molecular formula is C22H25NO7S. The number of methoxy groups -OCH3 is 2. The molecule has 1 aliphatic carbocycles. The third kappa shape index (κ3) is 4.82. The number of nitrogens with zero attached hydrogens (tertiary/aromatic N) is 1. The van der Waals surface area contributed by atoms with Crippen LogP contribution in [0, 0.1) is 12.8 Å². The summed E-state index contributed by atoms with van der Waals surface area (Å²) in [7, 11) is -1.10. The van der Waals surface area contributed by atoms with Gasteiger partial charge in [0.1, 0.15) is 4.90 Å². The molecule has 1 atom stereocenters. The predicted octanol–water partition coefficient (Wildman–Crippen LogP) is 3.25. The third-order valence-electron chi connectivity index (χ3n) is 5.02. The van der Waals surface area contributed by atoms with Crippen LogP contribution < -0.4 is 9.47 Å². The number of ether oxygens (including phenoxy) is 3. The molecule has 0 bridgehead atoms. The number of carbonyl (C=O) groups excluding carboxylic acids is 1. The van der Waals surface area contributed by atoms with E-state index in [4.69, 9.17) is 18.5 Å². The van der Waals surface area contributed by atoms with E-state index in [1.807, 2.05) is 6.92 Å². The lowest BCUT2D eigenvalue weighted by Crippen LogP contribution is -2.29. The van der Waals surface area contributed by atoms with Crippen LogP contribution in [0.3, 0.4) is 0 Å². The lowest BCUT2D eigenvalue weighted by Gasteiger charge is -2.26. The molecule has 0 spiro atoms. The van der Waals surface area contributed by atoms with E-state index in [0.717, 1.165) is 5.56 Å². The largest absolute Gasteiger partial charge is 0.493 e. The lowest BCUT2D eigenvalue weighted by atomic mass is 9.82. The van der Waals surface area contributed by atoms with E-state index in [1.54, 1.807) is 31.2 Å². The topological polar surface area (TPSA) is 100 Å². The molecular weight excluding hydrogens is 422 g/mol. The Kier molecular flexibility index (Phi) is 6.84. The maximum absolute atomic E-state index is 12.6. The van der Waals surface area contributed by atoms with Gasteiger partial charge in [-0.2, -0.15) is 8.42 Å². The second-order valence-electron chi connectivity index (χ2n) is 7.06. The van der Waals surface area contributed by atoms with Crippen molar-refractivity contribution in [1.29, 1.82) is 0 Å². The highest BCUT2D eigenvalue weighted by Gasteiger charge is 2.33. The number of carbonyl (C=O) groups is 1. The predicted molar refractivity (Wildman–Crippen MR) is 114 cm³/mol. The molecule has 1 unspecified atom stereocenters. The minimum atomic E-state index is -4.12. The maximum Gasteiger partial charge on any atom is 0.358 e. The van der Waals surface area contributed by atoms with Crippen molar-refractivity contribution in [2.45, 2.75) is 31.6 Å². The molecule has 0 amide bonds. The summed E-state index contributed by atoms with van der Waals surface area (Å²) in [6, 6.07) is 9.70. The fourth-order valence-corrected chi connectivity index (χ4v) is 4.22. The number of oxime groups is 1. The summed E-state index contributed by atoms with van der Waals surface area (Å²) in [6.45, 7) is 3.82. The molecule has 3 rings (SSSR count). The zero-order chi connectivity index (χ0) is 22.6. The molecule has 0 radical (unpaired) electrons. The fraction of sp³-hybridized carbons (Fsp3) is 0.364. The van der Waals surface area contributed by atoms with Gasteiger partial charge in [-0.15, -0.1) is 0 Å². The van der Waals surface area contributed by atoms with Crippen LogP contribution >= 0.6 is 0 Å². The number of esters is 1. The van der Waals surface area contributed by atoms with Gasteiger partial charge in [0, 0.05) is 17.5 Å². The Morgan fingerprint density at radius 1 is 1.06 bits per heavy atom. The number of rotatable bonds is 7. The molecule has 0 heterocycles. The van der Waals surface area contributed by atoms with E-state index >= 15 is 0 Å². The Bertz CT molecular complexity index is 1090. The first-order valence-corrected chi connectivity index (χ1v) is 11.2. The summed E-state index contributed by atoms with van der Waals surface area (Å²) < 4.78 is 46.2. The summed E-state index contributed by atoms with van der Waals surface area (Å²) >= 11 is 0. The Hall–Kier alpha value is -3.07. The van der Waals surface area contributed by atoms with Crippen molar-refractivity contribution in [2.24, 2.45) is 11.1 Å². The van der Waals surface area contributed by atoms with E-state index in [-0.39, 0.29) is 17.9 Å². The maximum atomic E-state index is 12.6. The van der Waals surface area contributed by atoms with Crippen molar-refractivity contribution >= 4 is 21.8 Å². The molecule has 31 heavy (non-hydrogen) atoms. The van der Waals surface area contributed by atoms with E-state index in [1.165, 1.54) is 26.4 Å². The molecule has 0 saturated heterocycles. The van der Waals surface area contributed by atoms with Crippen LogP contribution in [0.4, 0.5) is 0 Å². The molecule has 9 heteroatoms. The molecule has 2 aromatic carbocycles. The summed E-state index contributed by atoms with van der Waals surface area (Å²) in [4.78, 5) is 12.4. The van der Waals surface area contributed by atoms with Gasteiger partial charge in [-0.05, 0) is 44.5 Å². The van der Waals surface area contributed by atoms with Gasteiger partial charge in [0.25, 0.3) is 0 Å². The molecule has 2 aromatic rings. The molecule has 0 aliphatic heterocycles. The van der Waals surface area contributed by atoms with Crippen LogP contribution in [0.25, 0.3) is 0 Å². The molecule has 166 valence electrons. The number of benzene rings is 2. The van der Waals surface area contributed by atoms with Crippen LogP contribution in [-0.4, -0.2) is 40.9 Å². The van der Waals surface area contributed by atoms with E-state index < -0.39 is 22.0 Å². The second-order valence-corrected chi connectivity index (χ2v) is 8.59. The summed E-state index contributed by atoms with van der Waals surface area (Å²) in [6.07, 6.45) is 0.517. The molecule has 0 aromatic heterocycles. The third-order valence-corrected chi connectivity index (χ3v) is 6.15. The zero-order valence-corrected chi connectivity index (χ0v) is 18.7. The minimum absolute atomic E-state index is 0.00672. The van der Waals surface area contributed by atoms with Gasteiger partial charge in [-0.1, -0.05) is 22.9 Å². The van der Waals surface area contributed by atoms with Gasteiger partial charge in [0.2, 0.25) is 0 Å². The Morgan fingerprint density at radius 3 is 2.39 bits per heavy atom.